The number of aromatic carboxylic acids is 1. The van der Waals surface area contributed by atoms with Gasteiger partial charge in [-0.05, 0) is 30.3 Å². The number of hydrogen-bond acceptors (Lipinski definition) is 2. The maximum Gasteiger partial charge on any atom is 0.335 e. The summed E-state index contributed by atoms with van der Waals surface area (Å²) in [6, 6.07) is 6.24. The third-order valence-corrected chi connectivity index (χ3v) is 3.22. The van der Waals surface area contributed by atoms with Gasteiger partial charge in [0.1, 0.15) is 5.75 Å². The normalized spacial score (nSPS) is 10.4. The van der Waals surface area contributed by atoms with E-state index in [0.717, 1.165) is 6.07 Å². The van der Waals surface area contributed by atoms with Crippen molar-refractivity contribution < 1.29 is 23.4 Å². The van der Waals surface area contributed by atoms with Gasteiger partial charge in [0.25, 0.3) is 0 Å². The van der Waals surface area contributed by atoms with E-state index in [-0.39, 0.29) is 17.1 Å². The summed E-state index contributed by atoms with van der Waals surface area (Å²) in [5, 5.41) is 8.92. The van der Waals surface area contributed by atoms with Crippen molar-refractivity contribution in [2.45, 2.75) is 0 Å². The zero-order chi connectivity index (χ0) is 14.9. The largest absolute Gasteiger partial charge is 0.478 e. The van der Waals surface area contributed by atoms with Crippen molar-refractivity contribution in [3.63, 3.8) is 0 Å². The van der Waals surface area contributed by atoms with Crippen molar-refractivity contribution in [3.8, 4) is 11.5 Å². The van der Waals surface area contributed by atoms with Gasteiger partial charge in [0.05, 0.1) is 5.56 Å². The van der Waals surface area contributed by atoms with E-state index >= 15 is 0 Å². The second-order valence-corrected chi connectivity index (χ2v) is 5.61. The molecule has 104 valence electrons. The van der Waals surface area contributed by atoms with Crippen LogP contribution in [0.4, 0.5) is 8.78 Å². The molecular weight excluding hydrogens is 402 g/mol. The molecule has 0 saturated carbocycles. The first-order valence-electron chi connectivity index (χ1n) is 5.23. The van der Waals surface area contributed by atoms with E-state index in [1.807, 2.05) is 0 Å². The number of hydrogen-bond donors (Lipinski definition) is 1. The van der Waals surface area contributed by atoms with E-state index in [2.05, 4.69) is 31.9 Å². The van der Waals surface area contributed by atoms with Crippen LogP contribution in [0.3, 0.4) is 0 Å². The Kier molecular flexibility index (Phi) is 4.39. The average Bonchev–Trinajstić information content (AvgIpc) is 2.34. The van der Waals surface area contributed by atoms with E-state index in [9.17, 15) is 13.6 Å². The Hall–Kier alpha value is -1.47. The fraction of sp³-hybridized carbons (Fsp3) is 0. The Bertz CT molecular complexity index is 690. The molecule has 0 saturated heterocycles. The van der Waals surface area contributed by atoms with Crippen molar-refractivity contribution in [3.05, 3.63) is 56.5 Å². The van der Waals surface area contributed by atoms with Crippen molar-refractivity contribution in [1.29, 1.82) is 0 Å². The molecule has 0 fully saturated rings. The van der Waals surface area contributed by atoms with E-state index in [1.54, 1.807) is 0 Å². The lowest BCUT2D eigenvalue weighted by Gasteiger charge is -2.09. The van der Waals surface area contributed by atoms with Crippen molar-refractivity contribution in [2.24, 2.45) is 0 Å². The minimum absolute atomic E-state index is 0.0368. The van der Waals surface area contributed by atoms with Crippen LogP contribution in [0.5, 0.6) is 11.5 Å². The van der Waals surface area contributed by atoms with Crippen molar-refractivity contribution in [1.82, 2.24) is 0 Å². The summed E-state index contributed by atoms with van der Waals surface area (Å²) >= 11 is 6.14. The molecule has 2 aromatic carbocycles. The Morgan fingerprint density at radius 3 is 2.35 bits per heavy atom. The fourth-order valence-electron chi connectivity index (χ4n) is 1.48. The van der Waals surface area contributed by atoms with Crippen LogP contribution in [-0.4, -0.2) is 11.1 Å². The molecule has 0 radical (unpaired) electrons. The van der Waals surface area contributed by atoms with Crippen LogP contribution in [0.25, 0.3) is 0 Å². The number of carboxylic acid groups (broad SMARTS) is 1. The number of benzene rings is 2. The molecule has 0 aliphatic rings. The highest BCUT2D eigenvalue weighted by Crippen LogP contribution is 2.31. The molecule has 0 aliphatic heterocycles. The average molecular weight is 408 g/mol. The van der Waals surface area contributed by atoms with Crippen LogP contribution < -0.4 is 4.74 Å². The maximum atomic E-state index is 13.6. The van der Waals surface area contributed by atoms with E-state index in [4.69, 9.17) is 9.84 Å². The van der Waals surface area contributed by atoms with Gasteiger partial charge in [0.2, 0.25) is 5.82 Å². The number of rotatable bonds is 3. The summed E-state index contributed by atoms with van der Waals surface area (Å²) in [6.07, 6.45) is 0. The highest BCUT2D eigenvalue weighted by Gasteiger charge is 2.14. The quantitative estimate of drug-likeness (QED) is 0.730. The summed E-state index contributed by atoms with van der Waals surface area (Å²) in [4.78, 5) is 10.9. The molecule has 0 bridgehead atoms. The van der Waals surface area contributed by atoms with Gasteiger partial charge in [-0.25, -0.2) is 9.18 Å². The van der Waals surface area contributed by atoms with Gasteiger partial charge in [0, 0.05) is 8.95 Å². The molecule has 2 aromatic rings. The first-order chi connectivity index (χ1) is 9.36. The Labute approximate surface area is 129 Å². The van der Waals surface area contributed by atoms with Crippen LogP contribution >= 0.6 is 31.9 Å². The summed E-state index contributed by atoms with van der Waals surface area (Å²) in [7, 11) is 0. The molecule has 0 aliphatic carbocycles. The number of halogens is 4. The first-order valence-corrected chi connectivity index (χ1v) is 6.81. The molecule has 0 spiro atoms. The van der Waals surface area contributed by atoms with Gasteiger partial charge in [-0.15, -0.1) is 0 Å². The van der Waals surface area contributed by atoms with Crippen LogP contribution in [0.2, 0.25) is 0 Å². The maximum absolute atomic E-state index is 13.6. The minimum Gasteiger partial charge on any atom is -0.478 e. The Morgan fingerprint density at radius 1 is 1.05 bits per heavy atom. The SMILES string of the molecule is O=C(O)c1cc(Br)cc(Oc2cc(Br)cc(F)c2F)c1. The summed E-state index contributed by atoms with van der Waals surface area (Å²) in [6.45, 7) is 0. The van der Waals surface area contributed by atoms with Gasteiger partial charge < -0.3 is 9.84 Å². The van der Waals surface area contributed by atoms with Crippen molar-refractivity contribution >= 4 is 37.8 Å². The molecule has 0 heterocycles. The lowest BCUT2D eigenvalue weighted by molar-refractivity contribution is 0.0696. The zero-order valence-corrected chi connectivity index (χ0v) is 12.8. The first kappa shape index (κ1) is 14.9. The minimum atomic E-state index is -1.16. The monoisotopic (exact) mass is 406 g/mol. The molecule has 0 atom stereocenters. The highest BCUT2D eigenvalue weighted by atomic mass is 79.9. The van der Waals surface area contributed by atoms with Gasteiger partial charge >= 0.3 is 5.97 Å². The summed E-state index contributed by atoms with van der Waals surface area (Å²) in [5.74, 6) is -3.63. The van der Waals surface area contributed by atoms with Gasteiger partial charge in [0.15, 0.2) is 11.6 Å². The predicted octanol–water partition coefficient (Wildman–Crippen LogP) is 4.98. The fourth-order valence-corrected chi connectivity index (χ4v) is 2.36. The molecular formula is C13H6Br2F2O3. The third kappa shape index (κ3) is 3.34. The second-order valence-electron chi connectivity index (χ2n) is 3.78. The molecule has 3 nitrogen and oxygen atoms in total. The highest BCUT2D eigenvalue weighted by molar-refractivity contribution is 9.10. The van der Waals surface area contributed by atoms with Crippen LogP contribution in [0.15, 0.2) is 39.3 Å². The second kappa shape index (κ2) is 5.88. The van der Waals surface area contributed by atoms with Gasteiger partial charge in [-0.1, -0.05) is 31.9 Å². The molecule has 0 aromatic heterocycles. The molecule has 0 amide bonds. The lowest BCUT2D eigenvalue weighted by atomic mass is 10.2. The van der Waals surface area contributed by atoms with Crippen LogP contribution in [0, 0.1) is 11.6 Å². The Balaban J connectivity index is 2.42. The molecule has 7 heteroatoms. The van der Waals surface area contributed by atoms with Crippen molar-refractivity contribution in [2.75, 3.05) is 0 Å². The van der Waals surface area contributed by atoms with Crippen LogP contribution in [0.1, 0.15) is 10.4 Å². The summed E-state index contributed by atoms with van der Waals surface area (Å²) in [5.41, 5.74) is -0.0368. The Morgan fingerprint density at radius 2 is 1.70 bits per heavy atom. The zero-order valence-electron chi connectivity index (χ0n) is 9.66. The summed E-state index contributed by atoms with van der Waals surface area (Å²) < 4.78 is 32.8. The smallest absolute Gasteiger partial charge is 0.335 e. The third-order valence-electron chi connectivity index (χ3n) is 2.31. The van der Waals surface area contributed by atoms with Gasteiger partial charge in [-0.2, -0.15) is 4.39 Å². The van der Waals surface area contributed by atoms with E-state index < -0.39 is 17.6 Å². The number of ether oxygens (including phenoxy) is 1. The number of carboxylic acids is 1. The molecule has 0 unspecified atom stereocenters. The van der Waals surface area contributed by atoms with Gasteiger partial charge in [-0.3, -0.25) is 0 Å². The van der Waals surface area contributed by atoms with E-state index in [0.29, 0.717) is 8.95 Å². The molecule has 20 heavy (non-hydrogen) atoms. The number of carbonyl (C=O) groups is 1. The predicted molar refractivity (Wildman–Crippen MR) is 75.2 cm³/mol. The molecule has 1 N–H and O–H groups in total. The van der Waals surface area contributed by atoms with Crippen LogP contribution in [-0.2, 0) is 0 Å². The molecule has 2 rings (SSSR count). The lowest BCUT2D eigenvalue weighted by Crippen LogP contribution is -1.98. The topological polar surface area (TPSA) is 46.5 Å². The van der Waals surface area contributed by atoms with E-state index in [1.165, 1.54) is 24.3 Å². The standard InChI is InChI=1S/C13H6Br2F2O3/c14-7-1-6(13(18)19)2-9(3-7)20-11-5-8(15)4-10(16)12(11)17/h1-5H,(H,18,19).